The van der Waals surface area contributed by atoms with Crippen LogP contribution in [-0.4, -0.2) is 43.6 Å². The van der Waals surface area contributed by atoms with Gasteiger partial charge in [-0.2, -0.15) is 4.98 Å². The number of aromatic nitrogens is 4. The number of amides is 1. The third-order valence-corrected chi connectivity index (χ3v) is 6.14. The summed E-state index contributed by atoms with van der Waals surface area (Å²) in [5, 5.41) is 6.06. The SMILES string of the molecule is O=C(Cn1cnc(C2CC2)cc1=O)N1CC[C@H](c2noc(-c3cccs3)n2)C1. The van der Waals surface area contributed by atoms with Gasteiger partial charge in [0.05, 0.1) is 16.9 Å². The van der Waals surface area contributed by atoms with Gasteiger partial charge in [0.1, 0.15) is 6.54 Å². The van der Waals surface area contributed by atoms with Crippen molar-refractivity contribution in [2.75, 3.05) is 13.1 Å². The van der Waals surface area contributed by atoms with Gasteiger partial charge in [0.25, 0.3) is 11.4 Å². The van der Waals surface area contributed by atoms with E-state index in [9.17, 15) is 9.59 Å². The first-order valence-electron chi connectivity index (χ1n) is 9.39. The number of nitrogens with zero attached hydrogens (tertiary/aromatic N) is 5. The Labute approximate surface area is 164 Å². The average Bonchev–Trinajstić information content (AvgIpc) is 3.11. The molecule has 4 heterocycles. The molecule has 0 aromatic carbocycles. The van der Waals surface area contributed by atoms with Crippen LogP contribution in [0.4, 0.5) is 0 Å². The lowest BCUT2D eigenvalue weighted by atomic mass is 10.1. The van der Waals surface area contributed by atoms with Crippen LogP contribution < -0.4 is 5.56 Å². The van der Waals surface area contributed by atoms with Crippen molar-refractivity contribution in [1.29, 1.82) is 0 Å². The summed E-state index contributed by atoms with van der Waals surface area (Å²) in [4.78, 5) is 36.4. The molecule has 144 valence electrons. The van der Waals surface area contributed by atoms with Crippen LogP contribution in [0.1, 0.15) is 42.6 Å². The van der Waals surface area contributed by atoms with Crippen molar-refractivity contribution in [3.8, 4) is 10.8 Å². The second-order valence-corrected chi connectivity index (χ2v) is 8.26. The zero-order valence-corrected chi connectivity index (χ0v) is 16.0. The topological polar surface area (TPSA) is 94.1 Å². The van der Waals surface area contributed by atoms with Gasteiger partial charge in [-0.05, 0) is 30.7 Å². The molecule has 1 saturated heterocycles. The Balaban J connectivity index is 1.23. The van der Waals surface area contributed by atoms with Gasteiger partial charge in [-0.3, -0.25) is 14.2 Å². The molecule has 0 unspecified atom stereocenters. The Morgan fingerprint density at radius 3 is 2.93 bits per heavy atom. The van der Waals surface area contributed by atoms with E-state index in [0.29, 0.717) is 30.7 Å². The summed E-state index contributed by atoms with van der Waals surface area (Å²) >= 11 is 1.55. The lowest BCUT2D eigenvalue weighted by Crippen LogP contribution is -2.35. The minimum Gasteiger partial charge on any atom is -0.340 e. The zero-order valence-electron chi connectivity index (χ0n) is 15.2. The number of carbonyl (C=O) groups excluding carboxylic acids is 1. The van der Waals surface area contributed by atoms with Gasteiger partial charge in [-0.1, -0.05) is 11.2 Å². The van der Waals surface area contributed by atoms with Crippen molar-refractivity contribution in [2.45, 2.75) is 37.6 Å². The molecule has 8 nitrogen and oxygen atoms in total. The Hall–Kier alpha value is -2.81. The van der Waals surface area contributed by atoms with E-state index in [2.05, 4.69) is 15.1 Å². The summed E-state index contributed by atoms with van der Waals surface area (Å²) in [6.07, 6.45) is 4.46. The third-order valence-electron chi connectivity index (χ3n) is 5.28. The first-order valence-corrected chi connectivity index (χ1v) is 10.3. The number of thiophene rings is 1. The number of hydrogen-bond donors (Lipinski definition) is 0. The predicted octanol–water partition coefficient (Wildman–Crippen LogP) is 2.25. The van der Waals surface area contributed by atoms with Crippen LogP contribution in [-0.2, 0) is 11.3 Å². The maximum absolute atomic E-state index is 12.6. The molecule has 3 aromatic heterocycles. The highest BCUT2D eigenvalue weighted by atomic mass is 32.1. The van der Waals surface area contributed by atoms with E-state index in [4.69, 9.17) is 4.52 Å². The molecular weight excluding hydrogens is 378 g/mol. The van der Waals surface area contributed by atoms with Crippen LogP contribution >= 0.6 is 11.3 Å². The van der Waals surface area contributed by atoms with Crippen molar-refractivity contribution in [1.82, 2.24) is 24.6 Å². The highest BCUT2D eigenvalue weighted by molar-refractivity contribution is 7.13. The van der Waals surface area contributed by atoms with Crippen LogP contribution in [0.3, 0.4) is 0 Å². The maximum atomic E-state index is 12.6. The Morgan fingerprint density at radius 1 is 1.29 bits per heavy atom. The number of rotatable bonds is 5. The third kappa shape index (κ3) is 3.37. The van der Waals surface area contributed by atoms with Crippen molar-refractivity contribution in [3.05, 3.63) is 51.8 Å². The smallest absolute Gasteiger partial charge is 0.267 e. The molecule has 0 N–H and O–H groups in total. The van der Waals surface area contributed by atoms with Crippen molar-refractivity contribution in [2.24, 2.45) is 0 Å². The normalized spacial score (nSPS) is 19.3. The molecule has 0 bridgehead atoms. The fourth-order valence-electron chi connectivity index (χ4n) is 3.51. The second kappa shape index (κ2) is 6.97. The fraction of sp³-hybridized carbons (Fsp3) is 0.421. The Bertz CT molecular complexity index is 1050. The van der Waals surface area contributed by atoms with E-state index in [1.54, 1.807) is 22.3 Å². The maximum Gasteiger partial charge on any atom is 0.267 e. The van der Waals surface area contributed by atoms with Crippen LogP contribution in [0.2, 0.25) is 0 Å². The molecule has 0 radical (unpaired) electrons. The van der Waals surface area contributed by atoms with Crippen molar-refractivity contribution < 1.29 is 9.32 Å². The van der Waals surface area contributed by atoms with Crippen LogP contribution in [0.5, 0.6) is 0 Å². The summed E-state index contributed by atoms with van der Waals surface area (Å²) in [5.74, 6) is 1.53. The number of likely N-dealkylation sites (tertiary alicyclic amines) is 1. The Morgan fingerprint density at radius 2 is 2.18 bits per heavy atom. The summed E-state index contributed by atoms with van der Waals surface area (Å²) in [6.45, 7) is 1.16. The van der Waals surface area contributed by atoms with E-state index in [-0.39, 0.29) is 23.9 Å². The molecule has 1 aliphatic heterocycles. The molecule has 1 saturated carbocycles. The average molecular weight is 397 g/mol. The largest absolute Gasteiger partial charge is 0.340 e. The van der Waals surface area contributed by atoms with E-state index in [0.717, 1.165) is 29.8 Å². The minimum absolute atomic E-state index is 0.0101. The predicted molar refractivity (Wildman–Crippen MR) is 102 cm³/mol. The molecule has 28 heavy (non-hydrogen) atoms. The van der Waals surface area contributed by atoms with E-state index in [1.807, 2.05) is 17.5 Å². The molecule has 1 atom stereocenters. The first-order chi connectivity index (χ1) is 13.7. The van der Waals surface area contributed by atoms with E-state index < -0.39 is 0 Å². The molecule has 0 spiro atoms. The van der Waals surface area contributed by atoms with Crippen molar-refractivity contribution >= 4 is 17.2 Å². The van der Waals surface area contributed by atoms with Crippen molar-refractivity contribution in [3.63, 3.8) is 0 Å². The van der Waals surface area contributed by atoms with Crippen LogP contribution in [0.15, 0.2) is 39.2 Å². The van der Waals surface area contributed by atoms with Crippen LogP contribution in [0, 0.1) is 0 Å². The summed E-state index contributed by atoms with van der Waals surface area (Å²) < 4.78 is 6.74. The van der Waals surface area contributed by atoms with Gasteiger partial charge in [0.2, 0.25) is 5.91 Å². The molecule has 2 aliphatic rings. The van der Waals surface area contributed by atoms with Gasteiger partial charge in [-0.25, -0.2) is 4.98 Å². The fourth-order valence-corrected chi connectivity index (χ4v) is 4.15. The van der Waals surface area contributed by atoms with Crippen LogP contribution in [0.25, 0.3) is 10.8 Å². The molecule has 1 amide bonds. The first kappa shape index (κ1) is 17.3. The van der Waals surface area contributed by atoms with Gasteiger partial charge in [0, 0.05) is 31.0 Å². The molecule has 3 aromatic rings. The lowest BCUT2D eigenvalue weighted by Gasteiger charge is -2.16. The van der Waals surface area contributed by atoms with Gasteiger partial charge >= 0.3 is 0 Å². The second-order valence-electron chi connectivity index (χ2n) is 7.31. The molecule has 9 heteroatoms. The lowest BCUT2D eigenvalue weighted by molar-refractivity contribution is -0.130. The molecule has 2 fully saturated rings. The zero-order chi connectivity index (χ0) is 19.1. The van der Waals surface area contributed by atoms with Gasteiger partial charge < -0.3 is 9.42 Å². The number of carbonyl (C=O) groups is 1. The quantitative estimate of drug-likeness (QED) is 0.655. The minimum atomic E-state index is -0.167. The van der Waals surface area contributed by atoms with Gasteiger partial charge in [0.15, 0.2) is 5.82 Å². The molecule has 1 aliphatic carbocycles. The number of hydrogen-bond acceptors (Lipinski definition) is 7. The monoisotopic (exact) mass is 397 g/mol. The highest BCUT2D eigenvalue weighted by Crippen LogP contribution is 2.38. The highest BCUT2D eigenvalue weighted by Gasteiger charge is 2.31. The summed E-state index contributed by atoms with van der Waals surface area (Å²) in [5.41, 5.74) is 0.674. The van der Waals surface area contributed by atoms with E-state index in [1.165, 1.54) is 10.9 Å². The molecule has 5 rings (SSSR count). The Kier molecular flexibility index (Phi) is 4.31. The van der Waals surface area contributed by atoms with E-state index >= 15 is 0 Å². The summed E-state index contributed by atoms with van der Waals surface area (Å²) in [6, 6.07) is 5.43. The summed E-state index contributed by atoms with van der Waals surface area (Å²) in [7, 11) is 0. The standard InChI is InChI=1S/C19H19N5O3S/c25-16-8-14(12-3-4-12)20-11-24(16)10-17(26)23-6-5-13(9-23)18-21-19(27-22-18)15-2-1-7-28-15/h1-2,7-8,11-13H,3-6,9-10H2/t13-/m0/s1. The van der Waals surface area contributed by atoms with Gasteiger partial charge in [-0.15, -0.1) is 11.3 Å². The molecular formula is C19H19N5O3S.